The van der Waals surface area contributed by atoms with Crippen LogP contribution in [0.15, 0.2) is 36.5 Å². The van der Waals surface area contributed by atoms with E-state index in [0.29, 0.717) is 6.42 Å². The smallest absolute Gasteiger partial charge is 0.305 e. The summed E-state index contributed by atoms with van der Waals surface area (Å²) >= 11 is 0. The largest absolute Gasteiger partial charge is 0.463 e. The number of aliphatic hydroxyl groups is 2. The molecule has 0 radical (unpaired) electrons. The molecular weight excluding hydrogens is 316 g/mol. The Bertz CT molecular complexity index is 385. The van der Waals surface area contributed by atoms with Gasteiger partial charge in [0.1, 0.15) is 12.7 Å². The zero-order valence-corrected chi connectivity index (χ0v) is 15.7. The van der Waals surface area contributed by atoms with Crippen LogP contribution < -0.4 is 0 Å². The molecule has 4 heteroatoms. The molecule has 1 atom stereocenters. The van der Waals surface area contributed by atoms with Gasteiger partial charge in [-0.1, -0.05) is 62.6 Å². The molecule has 0 saturated carbocycles. The summed E-state index contributed by atoms with van der Waals surface area (Å²) in [5.74, 6) is -0.298. The molecule has 0 fully saturated rings. The summed E-state index contributed by atoms with van der Waals surface area (Å²) in [6.45, 7) is 1.64. The molecule has 0 aromatic carbocycles. The van der Waals surface area contributed by atoms with Crippen molar-refractivity contribution in [1.29, 1.82) is 0 Å². The van der Waals surface area contributed by atoms with Gasteiger partial charge in [-0.2, -0.15) is 0 Å². The Morgan fingerprint density at radius 2 is 1.52 bits per heavy atom. The first kappa shape index (κ1) is 23.6. The Balaban J connectivity index is 3.34. The fourth-order valence-electron chi connectivity index (χ4n) is 2.20. The molecule has 0 spiro atoms. The van der Waals surface area contributed by atoms with Crippen LogP contribution in [0.2, 0.25) is 0 Å². The van der Waals surface area contributed by atoms with Gasteiger partial charge in [0.15, 0.2) is 0 Å². The normalized spacial score (nSPS) is 13.2. The van der Waals surface area contributed by atoms with Gasteiger partial charge >= 0.3 is 5.97 Å². The summed E-state index contributed by atoms with van der Waals surface area (Å²) in [5.41, 5.74) is 0. The van der Waals surface area contributed by atoms with E-state index < -0.39 is 6.10 Å². The van der Waals surface area contributed by atoms with Gasteiger partial charge in [0.05, 0.1) is 6.61 Å². The van der Waals surface area contributed by atoms with E-state index in [1.807, 2.05) is 0 Å². The zero-order valence-electron chi connectivity index (χ0n) is 15.7. The minimum atomic E-state index is -0.967. The molecule has 0 amide bonds. The maximum Gasteiger partial charge on any atom is 0.305 e. The standard InChI is InChI=1S/C21H36O4/c1-2-3-4-5-6-7-8-9-10-11-12-13-14-15-16-17-21(24)25-19-20(23)18-22/h3-4,6-7,9-10,20,22-23H,2,5,8,11-19H2,1H3/b4-3+,7-6+,10-9-. The van der Waals surface area contributed by atoms with Gasteiger partial charge in [0.25, 0.3) is 0 Å². The average molecular weight is 353 g/mol. The molecule has 0 aromatic rings. The van der Waals surface area contributed by atoms with E-state index in [0.717, 1.165) is 44.9 Å². The third-order valence-corrected chi connectivity index (χ3v) is 3.68. The van der Waals surface area contributed by atoms with Crippen LogP contribution in [0.5, 0.6) is 0 Å². The van der Waals surface area contributed by atoms with Crippen molar-refractivity contribution in [2.24, 2.45) is 0 Å². The third kappa shape index (κ3) is 18.8. The van der Waals surface area contributed by atoms with E-state index in [-0.39, 0.29) is 19.2 Å². The predicted octanol–water partition coefficient (Wildman–Crippen LogP) is 4.47. The highest BCUT2D eigenvalue weighted by molar-refractivity contribution is 5.69. The number of ether oxygens (including phenoxy) is 1. The van der Waals surface area contributed by atoms with E-state index in [4.69, 9.17) is 14.9 Å². The van der Waals surface area contributed by atoms with Crippen molar-refractivity contribution in [1.82, 2.24) is 0 Å². The lowest BCUT2D eigenvalue weighted by atomic mass is 10.1. The van der Waals surface area contributed by atoms with Crippen molar-refractivity contribution in [3.63, 3.8) is 0 Å². The first-order valence-electron chi connectivity index (χ1n) is 9.60. The van der Waals surface area contributed by atoms with Gasteiger partial charge < -0.3 is 14.9 Å². The second-order valence-electron chi connectivity index (χ2n) is 6.12. The van der Waals surface area contributed by atoms with Crippen molar-refractivity contribution < 1.29 is 19.7 Å². The summed E-state index contributed by atoms with van der Waals surface area (Å²) in [6.07, 6.45) is 22.3. The fraction of sp³-hybridized carbons (Fsp3) is 0.667. The molecule has 2 N–H and O–H groups in total. The van der Waals surface area contributed by atoms with Gasteiger partial charge in [0.2, 0.25) is 0 Å². The lowest BCUT2D eigenvalue weighted by molar-refractivity contribution is -0.147. The maximum atomic E-state index is 11.4. The summed E-state index contributed by atoms with van der Waals surface area (Å²) < 4.78 is 4.85. The minimum Gasteiger partial charge on any atom is -0.463 e. The highest BCUT2D eigenvalue weighted by atomic mass is 16.5. The number of hydrogen-bond donors (Lipinski definition) is 2. The lowest BCUT2D eigenvalue weighted by Gasteiger charge is -2.08. The topological polar surface area (TPSA) is 66.8 Å². The van der Waals surface area contributed by atoms with Crippen LogP contribution >= 0.6 is 0 Å². The molecule has 0 aliphatic heterocycles. The third-order valence-electron chi connectivity index (χ3n) is 3.68. The number of rotatable bonds is 16. The van der Waals surface area contributed by atoms with Gasteiger partial charge in [-0.25, -0.2) is 0 Å². The van der Waals surface area contributed by atoms with Crippen molar-refractivity contribution in [2.75, 3.05) is 13.2 Å². The first-order chi connectivity index (χ1) is 12.2. The van der Waals surface area contributed by atoms with Crippen molar-refractivity contribution in [2.45, 2.75) is 77.2 Å². The molecule has 4 nitrogen and oxygen atoms in total. The molecule has 1 unspecified atom stereocenters. The molecule has 0 heterocycles. The zero-order chi connectivity index (χ0) is 18.6. The molecule has 0 aliphatic carbocycles. The van der Waals surface area contributed by atoms with Crippen LogP contribution in [0.3, 0.4) is 0 Å². The quantitative estimate of drug-likeness (QED) is 0.244. The van der Waals surface area contributed by atoms with Gasteiger partial charge in [-0.05, 0) is 38.5 Å². The number of hydrogen-bond acceptors (Lipinski definition) is 4. The van der Waals surface area contributed by atoms with Gasteiger partial charge in [-0.15, -0.1) is 0 Å². The van der Waals surface area contributed by atoms with Crippen molar-refractivity contribution in [3.8, 4) is 0 Å². The van der Waals surface area contributed by atoms with Crippen molar-refractivity contribution >= 4 is 5.97 Å². The van der Waals surface area contributed by atoms with E-state index in [2.05, 4.69) is 43.4 Å². The second kappa shape index (κ2) is 18.9. The summed E-state index contributed by atoms with van der Waals surface area (Å²) in [6, 6.07) is 0. The van der Waals surface area contributed by atoms with Crippen LogP contribution in [0, 0.1) is 0 Å². The Labute approximate surface area is 153 Å². The Morgan fingerprint density at radius 1 is 0.920 bits per heavy atom. The monoisotopic (exact) mass is 352 g/mol. The molecule has 0 bridgehead atoms. The van der Waals surface area contributed by atoms with Gasteiger partial charge in [-0.3, -0.25) is 4.79 Å². The first-order valence-corrected chi connectivity index (χ1v) is 9.60. The van der Waals surface area contributed by atoms with Gasteiger partial charge in [0, 0.05) is 6.42 Å². The predicted molar refractivity (Wildman–Crippen MR) is 103 cm³/mol. The highest BCUT2D eigenvalue weighted by Crippen LogP contribution is 2.08. The molecule has 0 saturated heterocycles. The number of allylic oxidation sites excluding steroid dienone is 6. The van der Waals surface area contributed by atoms with E-state index >= 15 is 0 Å². The van der Waals surface area contributed by atoms with Crippen LogP contribution in [-0.4, -0.2) is 35.5 Å². The van der Waals surface area contributed by atoms with Crippen LogP contribution in [0.4, 0.5) is 0 Å². The molecule has 0 aromatic heterocycles. The Morgan fingerprint density at radius 3 is 2.20 bits per heavy atom. The summed E-state index contributed by atoms with van der Waals surface area (Å²) in [4.78, 5) is 11.4. The second-order valence-corrected chi connectivity index (χ2v) is 6.12. The van der Waals surface area contributed by atoms with E-state index in [1.165, 1.54) is 12.8 Å². The number of esters is 1. The molecular formula is C21H36O4. The summed E-state index contributed by atoms with van der Waals surface area (Å²) in [7, 11) is 0. The Hall–Kier alpha value is -1.39. The average Bonchev–Trinajstić information content (AvgIpc) is 2.62. The number of aliphatic hydroxyl groups excluding tert-OH is 2. The van der Waals surface area contributed by atoms with E-state index in [9.17, 15) is 4.79 Å². The molecule has 0 rings (SSSR count). The SMILES string of the molecule is CC/C=C/C/C=C/C/C=C\CCCCCCCC(=O)OCC(O)CO. The van der Waals surface area contributed by atoms with E-state index in [1.54, 1.807) is 0 Å². The maximum absolute atomic E-state index is 11.4. The minimum absolute atomic E-state index is 0.119. The van der Waals surface area contributed by atoms with Crippen molar-refractivity contribution in [3.05, 3.63) is 36.5 Å². The molecule has 0 aliphatic rings. The van der Waals surface area contributed by atoms with Crippen LogP contribution in [0.25, 0.3) is 0 Å². The number of carbonyl (C=O) groups is 1. The highest BCUT2D eigenvalue weighted by Gasteiger charge is 2.07. The van der Waals surface area contributed by atoms with Crippen LogP contribution in [0.1, 0.15) is 71.1 Å². The number of unbranched alkanes of at least 4 members (excludes halogenated alkanes) is 5. The number of carbonyl (C=O) groups excluding carboxylic acids is 1. The molecule has 144 valence electrons. The fourth-order valence-corrected chi connectivity index (χ4v) is 2.20. The lowest BCUT2D eigenvalue weighted by Crippen LogP contribution is -2.21. The Kier molecular flexibility index (Phi) is 17.9. The molecule has 25 heavy (non-hydrogen) atoms. The summed E-state index contributed by atoms with van der Waals surface area (Å²) in [5, 5.41) is 17.7. The van der Waals surface area contributed by atoms with Crippen LogP contribution in [-0.2, 0) is 9.53 Å².